The number of nitrogens with one attached hydrogen (secondary N) is 2. The highest BCUT2D eigenvalue weighted by atomic mass is 16.6. The third-order valence-corrected chi connectivity index (χ3v) is 2.99. The number of rotatable bonds is 5. The number of hydrogen-bond acceptors (Lipinski definition) is 6. The van der Waals surface area contributed by atoms with Gasteiger partial charge in [0.1, 0.15) is 0 Å². The average Bonchev–Trinajstić information content (AvgIpc) is 2.64. The van der Waals surface area contributed by atoms with Gasteiger partial charge < -0.3 is 4.74 Å². The van der Waals surface area contributed by atoms with Gasteiger partial charge in [0.25, 0.3) is 11.8 Å². The standard InChI is InChI=1S/C16H12N4O5/c17-9-11-4-3-5-12(8-11)16(22)19-18-15(21)10-25-14-7-2-1-6-13(14)20(23)24/h1-8H,10H2,(H,18,21)(H,19,22). The first-order chi connectivity index (χ1) is 12.0. The fraction of sp³-hybridized carbons (Fsp3) is 0.0625. The number of hydrogen-bond donors (Lipinski definition) is 2. The van der Waals surface area contributed by atoms with E-state index in [1.807, 2.05) is 6.07 Å². The normalized spacial score (nSPS) is 9.56. The number of hydrazine groups is 1. The van der Waals surface area contributed by atoms with Crippen LogP contribution in [0.5, 0.6) is 5.75 Å². The van der Waals surface area contributed by atoms with Gasteiger partial charge in [0.05, 0.1) is 16.6 Å². The summed E-state index contributed by atoms with van der Waals surface area (Å²) in [6.45, 7) is -0.524. The van der Waals surface area contributed by atoms with Crippen molar-refractivity contribution in [3.05, 3.63) is 69.8 Å². The van der Waals surface area contributed by atoms with Gasteiger partial charge in [-0.3, -0.25) is 30.6 Å². The summed E-state index contributed by atoms with van der Waals surface area (Å²) >= 11 is 0. The molecule has 0 bridgehead atoms. The van der Waals surface area contributed by atoms with Gasteiger partial charge in [-0.15, -0.1) is 0 Å². The number of carbonyl (C=O) groups is 2. The Hall–Kier alpha value is -3.93. The lowest BCUT2D eigenvalue weighted by atomic mass is 10.1. The molecular weight excluding hydrogens is 328 g/mol. The predicted molar refractivity (Wildman–Crippen MR) is 85.4 cm³/mol. The van der Waals surface area contributed by atoms with Gasteiger partial charge in [-0.05, 0) is 24.3 Å². The van der Waals surface area contributed by atoms with Crippen LogP contribution in [-0.2, 0) is 4.79 Å². The van der Waals surface area contributed by atoms with E-state index >= 15 is 0 Å². The van der Waals surface area contributed by atoms with Crippen molar-refractivity contribution in [2.45, 2.75) is 0 Å². The Kier molecular flexibility index (Phi) is 5.63. The van der Waals surface area contributed by atoms with Crippen LogP contribution in [0.15, 0.2) is 48.5 Å². The van der Waals surface area contributed by atoms with E-state index in [1.54, 1.807) is 0 Å². The van der Waals surface area contributed by atoms with Gasteiger partial charge in [0, 0.05) is 11.6 Å². The van der Waals surface area contributed by atoms with E-state index in [1.165, 1.54) is 48.5 Å². The molecule has 2 aromatic rings. The van der Waals surface area contributed by atoms with E-state index in [-0.39, 0.29) is 17.0 Å². The highest BCUT2D eigenvalue weighted by Gasteiger charge is 2.15. The molecule has 0 aromatic heterocycles. The van der Waals surface area contributed by atoms with Crippen molar-refractivity contribution in [2.75, 3.05) is 6.61 Å². The maximum Gasteiger partial charge on any atom is 0.310 e. The van der Waals surface area contributed by atoms with Crippen molar-refractivity contribution in [1.82, 2.24) is 10.9 Å². The molecule has 2 aromatic carbocycles. The zero-order valence-electron chi connectivity index (χ0n) is 12.8. The number of amides is 2. The van der Waals surface area contributed by atoms with Gasteiger partial charge in [-0.1, -0.05) is 18.2 Å². The minimum atomic E-state index is -0.706. The Morgan fingerprint density at radius 3 is 2.64 bits per heavy atom. The lowest BCUT2D eigenvalue weighted by molar-refractivity contribution is -0.385. The van der Waals surface area contributed by atoms with Crippen molar-refractivity contribution in [3.63, 3.8) is 0 Å². The summed E-state index contributed by atoms with van der Waals surface area (Å²) in [5.74, 6) is -1.38. The average molecular weight is 340 g/mol. The first kappa shape index (κ1) is 17.4. The quantitative estimate of drug-likeness (QED) is 0.622. The second-order valence-corrected chi connectivity index (χ2v) is 4.71. The fourth-order valence-electron chi connectivity index (χ4n) is 1.84. The van der Waals surface area contributed by atoms with Crippen molar-refractivity contribution in [2.24, 2.45) is 0 Å². The zero-order chi connectivity index (χ0) is 18.2. The van der Waals surface area contributed by atoms with Crippen LogP contribution in [-0.4, -0.2) is 23.3 Å². The molecule has 0 aliphatic carbocycles. The molecule has 0 saturated heterocycles. The van der Waals surface area contributed by atoms with E-state index in [4.69, 9.17) is 10.00 Å². The molecule has 2 amide bonds. The summed E-state index contributed by atoms with van der Waals surface area (Å²) < 4.78 is 5.09. The second-order valence-electron chi connectivity index (χ2n) is 4.71. The molecule has 0 saturated carbocycles. The minimum Gasteiger partial charge on any atom is -0.477 e. The molecule has 0 aliphatic heterocycles. The van der Waals surface area contributed by atoms with Crippen molar-refractivity contribution < 1.29 is 19.2 Å². The largest absolute Gasteiger partial charge is 0.477 e. The van der Waals surface area contributed by atoms with Crippen LogP contribution in [0.2, 0.25) is 0 Å². The number of carbonyl (C=O) groups excluding carboxylic acids is 2. The number of benzene rings is 2. The second kappa shape index (κ2) is 8.07. The number of nitrogens with zero attached hydrogens (tertiary/aromatic N) is 2. The summed E-state index contributed by atoms with van der Waals surface area (Å²) in [6, 6.07) is 13.4. The predicted octanol–water partition coefficient (Wildman–Crippen LogP) is 1.31. The molecule has 2 N–H and O–H groups in total. The summed E-state index contributed by atoms with van der Waals surface area (Å²) in [4.78, 5) is 33.8. The van der Waals surface area contributed by atoms with E-state index in [2.05, 4.69) is 10.9 Å². The van der Waals surface area contributed by atoms with Crippen molar-refractivity contribution in [1.29, 1.82) is 5.26 Å². The number of para-hydroxylation sites is 2. The molecule has 0 fully saturated rings. The Morgan fingerprint density at radius 1 is 1.16 bits per heavy atom. The van der Waals surface area contributed by atoms with E-state index in [0.717, 1.165) is 0 Å². The molecule has 9 heteroatoms. The first-order valence-electron chi connectivity index (χ1n) is 6.97. The fourth-order valence-corrected chi connectivity index (χ4v) is 1.84. The molecule has 0 aliphatic rings. The van der Waals surface area contributed by atoms with Crippen molar-refractivity contribution in [3.8, 4) is 11.8 Å². The molecule has 2 rings (SSSR count). The molecule has 126 valence electrons. The van der Waals surface area contributed by atoms with E-state index in [0.29, 0.717) is 5.56 Å². The Morgan fingerprint density at radius 2 is 1.92 bits per heavy atom. The maximum atomic E-state index is 11.9. The number of nitro benzene ring substituents is 1. The third kappa shape index (κ3) is 4.77. The maximum absolute atomic E-state index is 11.9. The van der Waals surface area contributed by atoms with Gasteiger partial charge in [-0.2, -0.15) is 5.26 Å². The summed E-state index contributed by atoms with van der Waals surface area (Å²) in [5, 5.41) is 19.6. The molecule has 9 nitrogen and oxygen atoms in total. The smallest absolute Gasteiger partial charge is 0.310 e. The summed E-state index contributed by atoms with van der Waals surface area (Å²) in [6.07, 6.45) is 0. The molecule has 0 heterocycles. The molecule has 25 heavy (non-hydrogen) atoms. The number of nitro groups is 1. The van der Waals surface area contributed by atoms with Crippen LogP contribution >= 0.6 is 0 Å². The summed E-state index contributed by atoms with van der Waals surface area (Å²) in [5.41, 5.74) is 4.51. The first-order valence-corrected chi connectivity index (χ1v) is 6.97. The lowest BCUT2D eigenvalue weighted by Gasteiger charge is -2.09. The van der Waals surface area contributed by atoms with Crippen LogP contribution in [0, 0.1) is 21.4 Å². The van der Waals surface area contributed by atoms with Crippen LogP contribution in [0.1, 0.15) is 15.9 Å². The topological polar surface area (TPSA) is 134 Å². The van der Waals surface area contributed by atoms with Crippen LogP contribution in [0.3, 0.4) is 0 Å². The van der Waals surface area contributed by atoms with Gasteiger partial charge in [0.15, 0.2) is 12.4 Å². The third-order valence-electron chi connectivity index (χ3n) is 2.99. The van der Waals surface area contributed by atoms with Crippen LogP contribution in [0.4, 0.5) is 5.69 Å². The van der Waals surface area contributed by atoms with Gasteiger partial charge in [0.2, 0.25) is 0 Å². The SMILES string of the molecule is N#Cc1cccc(C(=O)NNC(=O)COc2ccccc2[N+](=O)[O-])c1. The van der Waals surface area contributed by atoms with Gasteiger partial charge >= 0.3 is 5.69 Å². The number of ether oxygens (including phenoxy) is 1. The number of nitriles is 1. The van der Waals surface area contributed by atoms with E-state index < -0.39 is 23.3 Å². The van der Waals surface area contributed by atoms with Gasteiger partial charge in [-0.25, -0.2) is 0 Å². The zero-order valence-corrected chi connectivity index (χ0v) is 12.8. The Balaban J connectivity index is 1.88. The molecule has 0 unspecified atom stereocenters. The minimum absolute atomic E-state index is 0.0595. The highest BCUT2D eigenvalue weighted by Crippen LogP contribution is 2.25. The summed E-state index contributed by atoms with van der Waals surface area (Å²) in [7, 11) is 0. The van der Waals surface area contributed by atoms with Crippen molar-refractivity contribution >= 4 is 17.5 Å². The molecular formula is C16H12N4O5. The van der Waals surface area contributed by atoms with Crippen LogP contribution in [0.25, 0.3) is 0 Å². The molecule has 0 radical (unpaired) electrons. The molecule has 0 atom stereocenters. The monoisotopic (exact) mass is 340 g/mol. The lowest BCUT2D eigenvalue weighted by Crippen LogP contribution is -2.43. The van der Waals surface area contributed by atoms with Crippen LogP contribution < -0.4 is 15.6 Å². The Labute approximate surface area is 142 Å². The highest BCUT2D eigenvalue weighted by molar-refractivity contribution is 5.95. The van der Waals surface area contributed by atoms with E-state index in [9.17, 15) is 19.7 Å². The molecule has 0 spiro atoms. The Bertz CT molecular complexity index is 860.